The van der Waals surface area contributed by atoms with Gasteiger partial charge in [0.25, 0.3) is 17.6 Å². The molecule has 194 valence electrons. The predicted octanol–water partition coefficient (Wildman–Crippen LogP) is 3.36. The number of amides is 3. The van der Waals surface area contributed by atoms with E-state index < -0.39 is 23.6 Å². The summed E-state index contributed by atoms with van der Waals surface area (Å²) in [6.07, 6.45) is 1.88. The molecule has 0 spiro atoms. The molecule has 10 nitrogen and oxygen atoms in total. The Labute approximate surface area is 216 Å². The van der Waals surface area contributed by atoms with Gasteiger partial charge in [-0.25, -0.2) is 9.18 Å². The summed E-state index contributed by atoms with van der Waals surface area (Å²) in [6.45, 7) is 0.944. The molecule has 3 heterocycles. The smallest absolute Gasteiger partial charge is 0.413 e. The number of ketones is 1. The fourth-order valence-corrected chi connectivity index (χ4v) is 4.29. The lowest BCUT2D eigenvalue weighted by atomic mass is 10.1. The molecule has 0 unspecified atom stereocenters. The number of furan rings is 1. The highest BCUT2D eigenvalue weighted by molar-refractivity contribution is 6.45. The molecular weight excluding hydrogens is 495 g/mol. The van der Waals surface area contributed by atoms with E-state index in [0.717, 1.165) is 6.07 Å². The van der Waals surface area contributed by atoms with Gasteiger partial charge in [-0.15, -0.1) is 0 Å². The zero-order valence-electron chi connectivity index (χ0n) is 20.1. The number of benzene rings is 2. The highest BCUT2D eigenvalue weighted by Crippen LogP contribution is 2.30. The summed E-state index contributed by atoms with van der Waals surface area (Å²) >= 11 is 0. The van der Waals surface area contributed by atoms with Crippen molar-refractivity contribution >= 4 is 34.6 Å². The van der Waals surface area contributed by atoms with Gasteiger partial charge in [-0.05, 0) is 36.4 Å². The predicted molar refractivity (Wildman–Crippen MR) is 133 cm³/mol. The van der Waals surface area contributed by atoms with Gasteiger partial charge in [-0.3, -0.25) is 14.4 Å². The van der Waals surface area contributed by atoms with Crippen molar-refractivity contribution in [2.24, 2.45) is 0 Å². The van der Waals surface area contributed by atoms with Gasteiger partial charge in [0.2, 0.25) is 0 Å². The minimum absolute atomic E-state index is 0.0158. The van der Waals surface area contributed by atoms with Crippen LogP contribution >= 0.6 is 0 Å². The minimum Gasteiger partial charge on any atom is -0.467 e. The van der Waals surface area contributed by atoms with E-state index in [4.69, 9.17) is 9.15 Å². The monoisotopic (exact) mass is 518 g/mol. The van der Waals surface area contributed by atoms with Gasteiger partial charge in [-0.2, -0.15) is 0 Å². The van der Waals surface area contributed by atoms with Crippen LogP contribution in [0.3, 0.4) is 0 Å². The Kier molecular flexibility index (Phi) is 6.90. The Morgan fingerprint density at radius 2 is 1.68 bits per heavy atom. The number of fused-ring (bicyclic) bond motifs is 1. The number of nitrogens with one attached hydrogen (secondary N) is 2. The van der Waals surface area contributed by atoms with Crippen molar-refractivity contribution in [1.82, 2.24) is 20.1 Å². The fourth-order valence-electron chi connectivity index (χ4n) is 4.29. The summed E-state index contributed by atoms with van der Waals surface area (Å²) in [4.78, 5) is 56.7. The second-order valence-corrected chi connectivity index (χ2v) is 8.60. The number of carbonyl (C=O) groups is 4. The number of piperazine rings is 1. The molecule has 0 atom stereocenters. The van der Waals surface area contributed by atoms with Crippen molar-refractivity contribution in [3.05, 3.63) is 89.8 Å². The highest BCUT2D eigenvalue weighted by Gasteiger charge is 2.31. The molecule has 1 fully saturated rings. The number of rotatable bonds is 6. The number of halogens is 1. The van der Waals surface area contributed by atoms with Crippen LogP contribution in [-0.4, -0.2) is 64.7 Å². The summed E-state index contributed by atoms with van der Waals surface area (Å²) in [5, 5.41) is 2.35. The maximum Gasteiger partial charge on any atom is 0.413 e. The van der Waals surface area contributed by atoms with Crippen molar-refractivity contribution < 1.29 is 32.7 Å². The Morgan fingerprint density at radius 1 is 0.947 bits per heavy atom. The van der Waals surface area contributed by atoms with E-state index in [2.05, 4.69) is 10.3 Å². The molecule has 2 aromatic heterocycles. The van der Waals surface area contributed by atoms with Crippen LogP contribution in [0, 0.1) is 5.82 Å². The van der Waals surface area contributed by atoms with E-state index >= 15 is 0 Å². The zero-order chi connectivity index (χ0) is 26.6. The quantitative estimate of drug-likeness (QED) is 0.298. The van der Waals surface area contributed by atoms with Gasteiger partial charge in [0, 0.05) is 37.9 Å². The van der Waals surface area contributed by atoms with Gasteiger partial charge >= 0.3 is 6.09 Å². The standard InChI is InChI=1S/C27H23FN4O6/c28-20-8-9-21(38-27(36)30-15-18-7-4-14-37-18)23-22(20)19(16-29-23)24(33)26(35)32-12-10-31(11-13-32)25(34)17-5-2-1-3-6-17/h1-9,14,16,29H,10-13,15H2,(H,30,36). The average Bonchev–Trinajstić information content (AvgIpc) is 3.64. The number of aromatic nitrogens is 1. The first-order valence-electron chi connectivity index (χ1n) is 11.9. The SMILES string of the molecule is O=C(NCc1ccco1)Oc1ccc(F)c2c(C(=O)C(=O)N3CCN(C(=O)c4ccccc4)CC3)c[nH]c12. The molecule has 11 heteroatoms. The van der Waals surface area contributed by atoms with Crippen LogP contribution in [0.15, 0.2) is 71.5 Å². The van der Waals surface area contributed by atoms with Crippen LogP contribution in [-0.2, 0) is 11.3 Å². The number of aromatic amines is 1. The van der Waals surface area contributed by atoms with E-state index in [1.54, 1.807) is 41.3 Å². The van der Waals surface area contributed by atoms with Gasteiger partial charge in [-0.1, -0.05) is 18.2 Å². The van der Waals surface area contributed by atoms with Gasteiger partial charge in [0.05, 0.1) is 29.3 Å². The molecule has 3 amide bonds. The largest absolute Gasteiger partial charge is 0.467 e. The number of hydrogen-bond donors (Lipinski definition) is 2. The molecule has 2 N–H and O–H groups in total. The highest BCUT2D eigenvalue weighted by atomic mass is 19.1. The van der Waals surface area contributed by atoms with Gasteiger partial charge in [0.15, 0.2) is 5.75 Å². The number of carbonyl (C=O) groups excluding carboxylic acids is 4. The van der Waals surface area contributed by atoms with Crippen LogP contribution in [0.2, 0.25) is 0 Å². The summed E-state index contributed by atoms with van der Waals surface area (Å²) in [7, 11) is 0. The van der Waals surface area contributed by atoms with Crippen LogP contribution in [0.1, 0.15) is 26.5 Å². The number of nitrogens with zero attached hydrogens (tertiary/aromatic N) is 2. The third-order valence-electron chi connectivity index (χ3n) is 6.25. The Morgan fingerprint density at radius 3 is 2.39 bits per heavy atom. The lowest BCUT2D eigenvalue weighted by Crippen LogP contribution is -2.52. The maximum absolute atomic E-state index is 14.8. The molecular formula is C27H23FN4O6. The zero-order valence-corrected chi connectivity index (χ0v) is 20.1. The lowest BCUT2D eigenvalue weighted by Gasteiger charge is -2.34. The third kappa shape index (κ3) is 4.99. The number of hydrogen-bond acceptors (Lipinski definition) is 6. The normalized spacial score (nSPS) is 13.4. The fraction of sp³-hybridized carbons (Fsp3) is 0.185. The maximum atomic E-state index is 14.8. The molecule has 0 radical (unpaired) electrons. The second-order valence-electron chi connectivity index (χ2n) is 8.60. The second kappa shape index (κ2) is 10.6. The third-order valence-corrected chi connectivity index (χ3v) is 6.25. The van der Waals surface area contributed by atoms with E-state index in [1.807, 2.05) is 6.07 Å². The molecule has 1 saturated heterocycles. The van der Waals surface area contributed by atoms with E-state index in [0.29, 0.717) is 11.3 Å². The van der Waals surface area contributed by atoms with Crippen molar-refractivity contribution in [3.8, 4) is 5.75 Å². The number of ether oxygens (including phenoxy) is 1. The van der Waals surface area contributed by atoms with Crippen LogP contribution < -0.4 is 10.1 Å². The Hall–Kier alpha value is -4.93. The first-order chi connectivity index (χ1) is 18.4. The molecule has 4 aromatic rings. The van der Waals surface area contributed by atoms with Crippen molar-refractivity contribution in [2.75, 3.05) is 26.2 Å². The topological polar surface area (TPSA) is 125 Å². The molecule has 2 aromatic carbocycles. The molecule has 1 aliphatic rings. The Bertz CT molecular complexity index is 1490. The van der Waals surface area contributed by atoms with Crippen LogP contribution in [0.4, 0.5) is 9.18 Å². The molecule has 5 rings (SSSR count). The average molecular weight is 519 g/mol. The van der Waals surface area contributed by atoms with Crippen LogP contribution in [0.25, 0.3) is 10.9 Å². The van der Waals surface area contributed by atoms with Gasteiger partial charge < -0.3 is 29.3 Å². The van der Waals surface area contributed by atoms with Crippen molar-refractivity contribution in [1.29, 1.82) is 0 Å². The van der Waals surface area contributed by atoms with E-state index in [1.165, 1.54) is 23.4 Å². The van der Waals surface area contributed by atoms with Crippen molar-refractivity contribution in [3.63, 3.8) is 0 Å². The summed E-state index contributed by atoms with van der Waals surface area (Å²) < 4.78 is 25.2. The van der Waals surface area contributed by atoms with E-state index in [9.17, 15) is 23.6 Å². The summed E-state index contributed by atoms with van der Waals surface area (Å²) in [5.74, 6) is -2.11. The van der Waals surface area contributed by atoms with Crippen LogP contribution in [0.5, 0.6) is 5.75 Å². The number of H-pyrrole nitrogens is 1. The van der Waals surface area contributed by atoms with E-state index in [-0.39, 0.29) is 60.8 Å². The molecule has 0 bridgehead atoms. The first-order valence-corrected chi connectivity index (χ1v) is 11.9. The summed E-state index contributed by atoms with van der Waals surface area (Å²) in [5.41, 5.74) is 0.435. The molecule has 1 aliphatic heterocycles. The Balaban J connectivity index is 1.26. The molecule has 0 saturated carbocycles. The van der Waals surface area contributed by atoms with Gasteiger partial charge in [0.1, 0.15) is 11.6 Å². The summed E-state index contributed by atoms with van der Waals surface area (Å²) in [6, 6.07) is 14.5. The minimum atomic E-state index is -0.905. The number of Topliss-reactive ketones (excluding diaryl/α,β-unsaturated/α-hetero) is 1. The van der Waals surface area contributed by atoms with Crippen molar-refractivity contribution in [2.45, 2.75) is 6.54 Å². The molecule has 38 heavy (non-hydrogen) atoms. The molecule has 0 aliphatic carbocycles. The lowest BCUT2D eigenvalue weighted by molar-refractivity contribution is -0.127. The first kappa shape index (κ1) is 24.8.